The van der Waals surface area contributed by atoms with Gasteiger partial charge in [-0.2, -0.15) is 0 Å². The highest BCUT2D eigenvalue weighted by molar-refractivity contribution is 6.28. The van der Waals surface area contributed by atoms with Crippen molar-refractivity contribution in [1.82, 2.24) is 5.10 Å². The molecule has 0 fully saturated rings. The van der Waals surface area contributed by atoms with E-state index in [0.717, 1.165) is 5.69 Å². The Morgan fingerprint density at radius 1 is 1.11 bits per heavy atom. The minimum Gasteiger partial charge on any atom is -0.397 e. The molecule has 0 spiro atoms. The van der Waals surface area contributed by atoms with Crippen LogP contribution in [-0.2, 0) is 0 Å². The van der Waals surface area contributed by atoms with Crippen LogP contribution in [0.3, 0.4) is 0 Å². The largest absolute Gasteiger partial charge is 0.397 e. The fourth-order valence-corrected chi connectivity index (χ4v) is 1.44. The second-order valence-corrected chi connectivity index (χ2v) is 4.38. The van der Waals surface area contributed by atoms with E-state index in [4.69, 9.17) is 36.0 Å². The van der Waals surface area contributed by atoms with Crippen molar-refractivity contribution in [2.45, 2.75) is 0 Å². The van der Waals surface area contributed by atoms with E-state index in [0.29, 0.717) is 10.8 Å². The first-order valence-electron chi connectivity index (χ1n) is 4.78. The molecule has 7 nitrogen and oxygen atoms in total. The number of nitrogens with two attached hydrogens (primary N) is 1. The van der Waals surface area contributed by atoms with Crippen LogP contribution < -0.4 is 29.1 Å². The van der Waals surface area contributed by atoms with Gasteiger partial charge in [0.15, 0.2) is 0 Å². The third kappa shape index (κ3) is 6.30. The first kappa shape index (κ1) is 15.6. The summed E-state index contributed by atoms with van der Waals surface area (Å²) in [5, 5.41) is 4.60. The summed E-state index contributed by atoms with van der Waals surface area (Å²) < 4.78 is 35.6. The molecule has 0 atom stereocenters. The van der Waals surface area contributed by atoms with E-state index >= 15 is 0 Å². The predicted molar refractivity (Wildman–Crippen MR) is 55.2 cm³/mol. The lowest BCUT2D eigenvalue weighted by Gasteiger charge is -2.17. The molecule has 1 aromatic heterocycles. The number of benzene rings is 1. The molecule has 0 aliphatic rings. The molecule has 0 amide bonds. The van der Waals surface area contributed by atoms with Crippen molar-refractivity contribution in [3.63, 3.8) is 0 Å². The van der Waals surface area contributed by atoms with Crippen LogP contribution in [0.1, 0.15) is 0 Å². The van der Waals surface area contributed by atoms with Crippen molar-refractivity contribution in [2.24, 2.45) is 0 Å². The third-order valence-electron chi connectivity index (χ3n) is 1.81. The molecule has 19 heavy (non-hydrogen) atoms. The van der Waals surface area contributed by atoms with Crippen LogP contribution in [0.5, 0.6) is 0 Å². The van der Waals surface area contributed by atoms with Crippen LogP contribution in [0.25, 0.3) is 5.69 Å². The normalized spacial score (nSPS) is 10.6. The summed E-state index contributed by atoms with van der Waals surface area (Å²) in [6, 6.07) is 11.3. The molecule has 0 saturated heterocycles. The van der Waals surface area contributed by atoms with Crippen molar-refractivity contribution in [3.8, 4) is 5.69 Å². The Morgan fingerprint density at radius 3 is 2.11 bits per heavy atom. The number of halogens is 2. The minimum absolute atomic E-state index is 0.496. The molecule has 0 aliphatic heterocycles. The van der Waals surface area contributed by atoms with Gasteiger partial charge in [0.05, 0.1) is 11.8 Å². The Morgan fingerprint density at radius 2 is 1.63 bits per heavy atom. The van der Waals surface area contributed by atoms with E-state index in [2.05, 4.69) is 5.10 Å². The molecule has 9 heteroatoms. The summed E-state index contributed by atoms with van der Waals surface area (Å²) in [5.74, 6) is 0. The Kier molecular flexibility index (Phi) is 5.43. The molecule has 2 aromatic rings. The van der Waals surface area contributed by atoms with Gasteiger partial charge in [0, 0.05) is 17.2 Å². The molecule has 102 valence electrons. The standard InChI is InChI=1S/C10H8ClN3.ClHO4/c11-10-6-8(12)7-13-14(10)9-4-2-1-3-5-9;2-1(3,4)5/h1-7,12H;(H,2,3,4,5). The van der Waals surface area contributed by atoms with E-state index in [1.807, 2.05) is 30.3 Å². The van der Waals surface area contributed by atoms with Crippen molar-refractivity contribution < 1.29 is 33.6 Å². The molecule has 0 unspecified atom stereocenters. The highest BCUT2D eigenvalue weighted by Crippen LogP contribution is 2.08. The molecular formula is C10H9Cl2N3O4. The fourth-order valence-electron chi connectivity index (χ4n) is 1.17. The van der Waals surface area contributed by atoms with Crippen molar-refractivity contribution >= 4 is 17.3 Å². The molecule has 0 radical (unpaired) electrons. The van der Waals surface area contributed by atoms with Crippen molar-refractivity contribution in [2.75, 3.05) is 5.73 Å². The topological polar surface area (TPSA) is 135 Å². The molecule has 1 aromatic carbocycles. The first-order valence-corrected chi connectivity index (χ1v) is 6.39. The zero-order chi connectivity index (χ0) is 14.5. The Bertz CT molecular complexity index is 528. The average Bonchev–Trinajstić information content (AvgIpc) is 2.28. The van der Waals surface area contributed by atoms with Crippen molar-refractivity contribution in [3.05, 3.63) is 47.7 Å². The Hall–Kier alpha value is -1.48. The maximum absolute atomic E-state index is 8.49. The van der Waals surface area contributed by atoms with Gasteiger partial charge in [0.2, 0.25) is 5.69 Å². The smallest absolute Gasteiger partial charge is 0.309 e. The monoisotopic (exact) mass is 305 g/mol. The number of hydrogen-bond acceptors (Lipinski definition) is 6. The van der Waals surface area contributed by atoms with Gasteiger partial charge < -0.3 is 5.73 Å². The molecular weight excluding hydrogens is 297 g/mol. The van der Waals surface area contributed by atoms with Gasteiger partial charge in [-0.3, -0.25) is 0 Å². The lowest BCUT2D eigenvalue weighted by molar-refractivity contribution is -2.00. The number of rotatable bonds is 1. The van der Waals surface area contributed by atoms with Gasteiger partial charge in [0.25, 0.3) is 0 Å². The summed E-state index contributed by atoms with van der Waals surface area (Å²) in [6.07, 6.45) is 1.57. The number of hydrogen-bond donors (Lipinski definition) is 1. The second-order valence-electron chi connectivity index (χ2n) is 3.24. The SMILES string of the molecule is Nc1cn[n+](-c2ccccc2)c(Cl)c1.[O-][Cl+3]([O-])([O-])[O-]. The van der Waals surface area contributed by atoms with Gasteiger partial charge in [0.1, 0.15) is 6.20 Å². The third-order valence-corrected chi connectivity index (χ3v) is 2.08. The Balaban J connectivity index is 0.000000312. The number of nitrogens with zero attached hydrogens (tertiary/aromatic N) is 2. The van der Waals surface area contributed by atoms with Gasteiger partial charge in [-0.25, -0.2) is 18.6 Å². The maximum Gasteiger partial charge on any atom is 0.309 e. The number of para-hydroxylation sites is 1. The average molecular weight is 306 g/mol. The van der Waals surface area contributed by atoms with Gasteiger partial charge in [-0.15, -0.1) is 10.2 Å². The zero-order valence-corrected chi connectivity index (χ0v) is 10.9. The molecule has 1 heterocycles. The number of nitrogen functional groups attached to an aromatic ring is 1. The van der Waals surface area contributed by atoms with E-state index in [9.17, 15) is 0 Å². The molecule has 2 N–H and O–H groups in total. The summed E-state index contributed by atoms with van der Waals surface area (Å²) in [6.45, 7) is 0. The zero-order valence-electron chi connectivity index (χ0n) is 9.40. The highest BCUT2D eigenvalue weighted by Gasteiger charge is 2.13. The van der Waals surface area contributed by atoms with Crippen LogP contribution in [0.15, 0.2) is 42.6 Å². The Labute approximate surface area is 115 Å². The molecule has 0 saturated carbocycles. The highest BCUT2D eigenvalue weighted by atomic mass is 35.7. The lowest BCUT2D eigenvalue weighted by atomic mass is 10.3. The van der Waals surface area contributed by atoms with E-state index in [1.165, 1.54) is 0 Å². The van der Waals surface area contributed by atoms with E-state index < -0.39 is 10.2 Å². The molecule has 0 bridgehead atoms. The summed E-state index contributed by atoms with van der Waals surface area (Å²) in [4.78, 5) is 0. The van der Waals surface area contributed by atoms with Crippen LogP contribution in [0.4, 0.5) is 5.69 Å². The van der Waals surface area contributed by atoms with Crippen LogP contribution in [-0.4, -0.2) is 5.10 Å². The van der Waals surface area contributed by atoms with Gasteiger partial charge in [-0.1, -0.05) is 18.2 Å². The number of aromatic nitrogens is 2. The minimum atomic E-state index is -4.94. The van der Waals surface area contributed by atoms with Gasteiger partial charge in [-0.05, 0) is 16.3 Å². The fraction of sp³-hybridized carbons (Fsp3) is 0. The van der Waals surface area contributed by atoms with Crippen LogP contribution >= 0.6 is 11.6 Å². The van der Waals surface area contributed by atoms with Crippen LogP contribution in [0.2, 0.25) is 5.15 Å². The first-order chi connectivity index (χ1) is 8.77. The molecule has 2 rings (SSSR count). The van der Waals surface area contributed by atoms with Crippen LogP contribution in [0, 0.1) is 10.2 Å². The summed E-state index contributed by atoms with van der Waals surface area (Å²) in [7, 11) is -4.94. The van der Waals surface area contributed by atoms with Gasteiger partial charge >= 0.3 is 5.15 Å². The van der Waals surface area contributed by atoms with Crippen molar-refractivity contribution in [1.29, 1.82) is 0 Å². The van der Waals surface area contributed by atoms with E-state index in [-0.39, 0.29) is 0 Å². The number of anilines is 1. The summed E-state index contributed by atoms with van der Waals surface area (Å²) in [5.41, 5.74) is 7.02. The lowest BCUT2D eigenvalue weighted by Crippen LogP contribution is -2.68. The van der Waals surface area contributed by atoms with E-state index in [1.54, 1.807) is 16.9 Å². The maximum atomic E-state index is 8.49. The summed E-state index contributed by atoms with van der Waals surface area (Å²) >= 11 is 5.98. The predicted octanol–water partition coefficient (Wildman–Crippen LogP) is -3.16. The second kappa shape index (κ2) is 6.62. The quantitative estimate of drug-likeness (QED) is 0.552. The molecule has 0 aliphatic carbocycles.